The molecule has 0 bridgehead atoms. The summed E-state index contributed by atoms with van der Waals surface area (Å²) in [6.07, 6.45) is 2.60. The average molecular weight is 360 g/mol. The number of nitrogens with zero attached hydrogens (tertiary/aromatic N) is 1. The molecule has 110 valence electrons. The van der Waals surface area contributed by atoms with Gasteiger partial charge in [-0.25, -0.2) is 0 Å². The van der Waals surface area contributed by atoms with Gasteiger partial charge in [-0.3, -0.25) is 4.79 Å². The Labute approximate surface area is 133 Å². The van der Waals surface area contributed by atoms with Crippen molar-refractivity contribution in [3.63, 3.8) is 0 Å². The standard InChI is InChI=1S/C15H20BrClN2O/c1-11(10-19-6-2-3-7-19)9-18-15(20)13-5-4-12(17)8-14(13)16/h4-5,8,11H,2-3,6-7,9-10H2,1H3,(H,18,20). The third-order valence-corrected chi connectivity index (χ3v) is 4.45. The first-order valence-corrected chi connectivity index (χ1v) is 8.19. The molecule has 2 rings (SSSR count). The smallest absolute Gasteiger partial charge is 0.252 e. The molecule has 0 spiro atoms. The van der Waals surface area contributed by atoms with Gasteiger partial charge in [0.1, 0.15) is 0 Å². The summed E-state index contributed by atoms with van der Waals surface area (Å²) in [7, 11) is 0. The van der Waals surface area contributed by atoms with Gasteiger partial charge in [0, 0.05) is 22.6 Å². The van der Waals surface area contributed by atoms with Crippen LogP contribution in [0.15, 0.2) is 22.7 Å². The van der Waals surface area contributed by atoms with Crippen molar-refractivity contribution in [2.24, 2.45) is 5.92 Å². The van der Waals surface area contributed by atoms with Crippen LogP contribution in [-0.2, 0) is 0 Å². The van der Waals surface area contributed by atoms with Crippen LogP contribution in [0.1, 0.15) is 30.1 Å². The zero-order valence-electron chi connectivity index (χ0n) is 11.7. The van der Waals surface area contributed by atoms with Crippen molar-refractivity contribution in [1.82, 2.24) is 10.2 Å². The minimum atomic E-state index is -0.0539. The van der Waals surface area contributed by atoms with E-state index in [1.165, 1.54) is 25.9 Å². The summed E-state index contributed by atoms with van der Waals surface area (Å²) in [5, 5.41) is 3.62. The van der Waals surface area contributed by atoms with Gasteiger partial charge in [0.25, 0.3) is 5.91 Å². The second-order valence-corrected chi connectivity index (χ2v) is 6.74. The fourth-order valence-electron chi connectivity index (χ4n) is 2.51. The summed E-state index contributed by atoms with van der Waals surface area (Å²) < 4.78 is 0.731. The van der Waals surface area contributed by atoms with Gasteiger partial charge in [-0.2, -0.15) is 0 Å². The average Bonchev–Trinajstić information content (AvgIpc) is 2.89. The number of hydrogen-bond acceptors (Lipinski definition) is 2. The van der Waals surface area contributed by atoms with E-state index in [1.807, 2.05) is 0 Å². The number of likely N-dealkylation sites (tertiary alicyclic amines) is 1. The highest BCUT2D eigenvalue weighted by molar-refractivity contribution is 9.10. The molecule has 0 saturated carbocycles. The van der Waals surface area contributed by atoms with E-state index in [1.54, 1.807) is 18.2 Å². The Morgan fingerprint density at radius 2 is 2.15 bits per heavy atom. The maximum atomic E-state index is 12.1. The van der Waals surface area contributed by atoms with Gasteiger partial charge in [0.05, 0.1) is 5.56 Å². The molecule has 3 nitrogen and oxygen atoms in total. The first-order chi connectivity index (χ1) is 9.56. The number of hydrogen-bond donors (Lipinski definition) is 1. The van der Waals surface area contributed by atoms with Crippen molar-refractivity contribution in [1.29, 1.82) is 0 Å². The Bertz CT molecular complexity index is 475. The van der Waals surface area contributed by atoms with Gasteiger partial charge in [-0.05, 0) is 66.0 Å². The molecule has 0 aromatic heterocycles. The van der Waals surface area contributed by atoms with Crippen LogP contribution in [0.3, 0.4) is 0 Å². The van der Waals surface area contributed by atoms with Crippen LogP contribution in [0, 0.1) is 5.92 Å². The van der Waals surface area contributed by atoms with Crippen LogP contribution < -0.4 is 5.32 Å². The Morgan fingerprint density at radius 1 is 1.45 bits per heavy atom. The summed E-state index contributed by atoms with van der Waals surface area (Å²) in [5.41, 5.74) is 0.628. The van der Waals surface area contributed by atoms with Crippen LogP contribution >= 0.6 is 27.5 Å². The molecule has 0 radical (unpaired) electrons. The Hall–Kier alpha value is -0.580. The minimum Gasteiger partial charge on any atom is -0.352 e. The lowest BCUT2D eigenvalue weighted by molar-refractivity contribution is 0.0944. The molecule has 1 fully saturated rings. The monoisotopic (exact) mass is 358 g/mol. The van der Waals surface area contributed by atoms with E-state index in [0.717, 1.165) is 11.0 Å². The molecule has 1 unspecified atom stereocenters. The van der Waals surface area contributed by atoms with Crippen molar-refractivity contribution in [3.8, 4) is 0 Å². The van der Waals surface area contributed by atoms with Crippen LogP contribution in [0.25, 0.3) is 0 Å². The molecule has 20 heavy (non-hydrogen) atoms. The molecular weight excluding hydrogens is 340 g/mol. The third kappa shape index (κ3) is 4.47. The third-order valence-electron chi connectivity index (χ3n) is 3.56. The Morgan fingerprint density at radius 3 is 2.80 bits per heavy atom. The molecular formula is C15H20BrClN2O. The molecule has 1 aliphatic rings. The van der Waals surface area contributed by atoms with E-state index in [2.05, 4.69) is 33.1 Å². The molecule has 1 atom stereocenters. The molecule has 1 heterocycles. The highest BCUT2D eigenvalue weighted by atomic mass is 79.9. The van der Waals surface area contributed by atoms with Gasteiger partial charge in [-0.1, -0.05) is 18.5 Å². The lowest BCUT2D eigenvalue weighted by Gasteiger charge is -2.20. The van der Waals surface area contributed by atoms with Crippen molar-refractivity contribution < 1.29 is 4.79 Å². The van der Waals surface area contributed by atoms with Gasteiger partial charge in [0.15, 0.2) is 0 Å². The zero-order chi connectivity index (χ0) is 14.5. The fraction of sp³-hybridized carbons (Fsp3) is 0.533. The minimum absolute atomic E-state index is 0.0539. The van der Waals surface area contributed by atoms with E-state index < -0.39 is 0 Å². The molecule has 1 amide bonds. The van der Waals surface area contributed by atoms with Gasteiger partial charge < -0.3 is 10.2 Å². The van der Waals surface area contributed by atoms with E-state index in [0.29, 0.717) is 23.0 Å². The quantitative estimate of drug-likeness (QED) is 0.872. The van der Waals surface area contributed by atoms with Crippen molar-refractivity contribution >= 4 is 33.4 Å². The highest BCUT2D eigenvalue weighted by Gasteiger charge is 2.16. The lowest BCUT2D eigenvalue weighted by Crippen LogP contribution is -2.34. The molecule has 5 heteroatoms. The number of rotatable bonds is 5. The maximum Gasteiger partial charge on any atom is 0.252 e. The first kappa shape index (κ1) is 15.8. The number of halogens is 2. The summed E-state index contributed by atoms with van der Waals surface area (Å²) in [6.45, 7) is 6.32. The van der Waals surface area contributed by atoms with E-state index in [-0.39, 0.29) is 5.91 Å². The molecule has 1 saturated heterocycles. The first-order valence-electron chi connectivity index (χ1n) is 7.02. The lowest BCUT2D eigenvalue weighted by atomic mass is 10.1. The maximum absolute atomic E-state index is 12.1. The second-order valence-electron chi connectivity index (χ2n) is 5.45. The zero-order valence-corrected chi connectivity index (χ0v) is 14.0. The number of amides is 1. The Balaban J connectivity index is 1.81. The normalized spacial score (nSPS) is 17.1. The van der Waals surface area contributed by atoms with E-state index >= 15 is 0 Å². The van der Waals surface area contributed by atoms with Gasteiger partial charge in [0.2, 0.25) is 0 Å². The Kier molecular flexibility index (Phi) is 5.87. The molecule has 1 N–H and O–H groups in total. The van der Waals surface area contributed by atoms with Crippen LogP contribution in [0.2, 0.25) is 5.02 Å². The fourth-order valence-corrected chi connectivity index (χ4v) is 3.37. The number of carbonyl (C=O) groups excluding carboxylic acids is 1. The number of nitrogens with one attached hydrogen (secondary N) is 1. The largest absolute Gasteiger partial charge is 0.352 e. The molecule has 0 aliphatic carbocycles. The summed E-state index contributed by atoms with van der Waals surface area (Å²) in [5.74, 6) is 0.407. The topological polar surface area (TPSA) is 32.3 Å². The molecule has 1 aliphatic heterocycles. The molecule has 1 aromatic carbocycles. The van der Waals surface area contributed by atoms with Crippen LogP contribution in [0.5, 0.6) is 0 Å². The molecule has 1 aromatic rings. The van der Waals surface area contributed by atoms with Crippen LogP contribution in [-0.4, -0.2) is 37.0 Å². The highest BCUT2D eigenvalue weighted by Crippen LogP contribution is 2.21. The van der Waals surface area contributed by atoms with Crippen molar-refractivity contribution in [3.05, 3.63) is 33.3 Å². The van der Waals surface area contributed by atoms with Crippen LogP contribution in [0.4, 0.5) is 0 Å². The van der Waals surface area contributed by atoms with Crippen molar-refractivity contribution in [2.75, 3.05) is 26.2 Å². The van der Waals surface area contributed by atoms with E-state index in [4.69, 9.17) is 11.6 Å². The SMILES string of the molecule is CC(CNC(=O)c1ccc(Cl)cc1Br)CN1CCCC1. The van der Waals surface area contributed by atoms with E-state index in [9.17, 15) is 4.79 Å². The second kappa shape index (κ2) is 7.43. The number of carbonyl (C=O) groups is 1. The van der Waals surface area contributed by atoms with Gasteiger partial charge in [-0.15, -0.1) is 0 Å². The predicted molar refractivity (Wildman–Crippen MR) is 86.3 cm³/mol. The summed E-state index contributed by atoms with van der Waals surface area (Å²) >= 11 is 9.25. The predicted octanol–water partition coefficient (Wildman–Crippen LogP) is 3.56. The summed E-state index contributed by atoms with van der Waals surface area (Å²) in [6, 6.07) is 5.21. The summed E-state index contributed by atoms with van der Waals surface area (Å²) in [4.78, 5) is 14.6. The van der Waals surface area contributed by atoms with Gasteiger partial charge >= 0.3 is 0 Å². The number of benzene rings is 1. The van der Waals surface area contributed by atoms with Crippen molar-refractivity contribution in [2.45, 2.75) is 19.8 Å².